The molecule has 2 unspecified atom stereocenters. The van der Waals surface area contributed by atoms with Crippen LogP contribution in [0.15, 0.2) is 18.2 Å². The third-order valence-corrected chi connectivity index (χ3v) is 3.58. The summed E-state index contributed by atoms with van der Waals surface area (Å²) in [5, 5.41) is 12.9. The van der Waals surface area contributed by atoms with E-state index in [-0.39, 0.29) is 18.6 Å². The maximum atomic E-state index is 9.58. The van der Waals surface area contributed by atoms with E-state index in [1.165, 1.54) is 16.7 Å². The van der Waals surface area contributed by atoms with Gasteiger partial charge in [-0.1, -0.05) is 37.6 Å². The summed E-state index contributed by atoms with van der Waals surface area (Å²) in [6.45, 7) is 8.79. The Morgan fingerprint density at radius 3 is 2.35 bits per heavy atom. The second-order valence-electron chi connectivity index (χ2n) is 5.22. The Bertz CT molecular complexity index is 360. The van der Waals surface area contributed by atoms with E-state index >= 15 is 0 Å². The molecule has 2 atom stereocenters. The van der Waals surface area contributed by atoms with Crippen LogP contribution in [-0.2, 0) is 0 Å². The van der Waals surface area contributed by atoms with Crippen LogP contribution in [0.25, 0.3) is 0 Å². The molecule has 96 valence electrons. The monoisotopic (exact) mass is 235 g/mol. The smallest absolute Gasteiger partial charge is 0.0479 e. The van der Waals surface area contributed by atoms with Crippen molar-refractivity contribution >= 4 is 0 Å². The summed E-state index contributed by atoms with van der Waals surface area (Å²) in [5.41, 5.74) is 3.86. The van der Waals surface area contributed by atoms with E-state index in [0.29, 0.717) is 5.92 Å². The first kappa shape index (κ1) is 14.2. The molecule has 0 aliphatic heterocycles. The third-order valence-electron chi connectivity index (χ3n) is 3.58. The van der Waals surface area contributed by atoms with Gasteiger partial charge >= 0.3 is 0 Å². The number of rotatable bonds is 5. The van der Waals surface area contributed by atoms with Gasteiger partial charge in [0.1, 0.15) is 0 Å². The maximum Gasteiger partial charge on any atom is 0.0479 e. The SMILES string of the molecule is CNC(c1cc(C)ccc1C)C(CO)C(C)C. The van der Waals surface area contributed by atoms with E-state index in [2.05, 4.69) is 51.2 Å². The molecule has 2 nitrogen and oxygen atoms in total. The lowest BCUT2D eigenvalue weighted by atomic mass is 9.83. The van der Waals surface area contributed by atoms with Crippen LogP contribution in [0.1, 0.15) is 36.6 Å². The van der Waals surface area contributed by atoms with Crippen LogP contribution < -0.4 is 5.32 Å². The molecule has 1 aromatic rings. The summed E-state index contributed by atoms with van der Waals surface area (Å²) < 4.78 is 0. The number of hydrogen-bond donors (Lipinski definition) is 2. The van der Waals surface area contributed by atoms with Crippen molar-refractivity contribution in [1.82, 2.24) is 5.32 Å². The largest absolute Gasteiger partial charge is 0.396 e. The summed E-state index contributed by atoms with van der Waals surface area (Å²) in [7, 11) is 1.97. The summed E-state index contributed by atoms with van der Waals surface area (Å²) in [4.78, 5) is 0. The molecule has 0 spiro atoms. The van der Waals surface area contributed by atoms with E-state index < -0.39 is 0 Å². The molecule has 2 heteroatoms. The molecule has 0 aromatic heterocycles. The summed E-state index contributed by atoms with van der Waals surface area (Å²) in [5.74, 6) is 0.706. The molecular formula is C15H25NO. The molecule has 0 aliphatic carbocycles. The first-order chi connectivity index (χ1) is 8.01. The standard InChI is InChI=1S/C15H25NO/c1-10(2)14(9-17)15(16-5)13-8-11(3)6-7-12(13)4/h6-8,10,14-17H,9H2,1-5H3. The molecule has 0 aliphatic rings. The lowest BCUT2D eigenvalue weighted by molar-refractivity contribution is 0.154. The van der Waals surface area contributed by atoms with Crippen LogP contribution in [0.4, 0.5) is 0 Å². The lowest BCUT2D eigenvalue weighted by Crippen LogP contribution is -2.31. The number of aryl methyl sites for hydroxylation is 2. The second-order valence-corrected chi connectivity index (χ2v) is 5.22. The Kier molecular flexibility index (Phi) is 5.16. The van der Waals surface area contributed by atoms with Gasteiger partial charge in [0.2, 0.25) is 0 Å². The minimum atomic E-state index is 0.219. The zero-order chi connectivity index (χ0) is 13.0. The molecule has 0 saturated carbocycles. The Labute approximate surface area is 105 Å². The van der Waals surface area contributed by atoms with Gasteiger partial charge < -0.3 is 10.4 Å². The average molecular weight is 235 g/mol. The molecule has 17 heavy (non-hydrogen) atoms. The Morgan fingerprint density at radius 2 is 1.88 bits per heavy atom. The van der Waals surface area contributed by atoms with Crippen LogP contribution in [0.2, 0.25) is 0 Å². The van der Waals surface area contributed by atoms with E-state index in [1.807, 2.05) is 7.05 Å². The van der Waals surface area contributed by atoms with Crippen molar-refractivity contribution in [3.05, 3.63) is 34.9 Å². The van der Waals surface area contributed by atoms with Crippen LogP contribution >= 0.6 is 0 Å². The van der Waals surface area contributed by atoms with E-state index in [9.17, 15) is 5.11 Å². The fourth-order valence-corrected chi connectivity index (χ4v) is 2.40. The lowest BCUT2D eigenvalue weighted by Gasteiger charge is -2.30. The van der Waals surface area contributed by atoms with Gasteiger partial charge in [-0.25, -0.2) is 0 Å². The van der Waals surface area contributed by atoms with Crippen molar-refractivity contribution in [3.8, 4) is 0 Å². The normalized spacial score (nSPS) is 15.0. The number of benzene rings is 1. The van der Waals surface area contributed by atoms with Gasteiger partial charge in [-0.3, -0.25) is 0 Å². The van der Waals surface area contributed by atoms with Gasteiger partial charge in [0.15, 0.2) is 0 Å². The summed E-state index contributed by atoms with van der Waals surface area (Å²) >= 11 is 0. The zero-order valence-electron chi connectivity index (χ0n) is 11.6. The molecule has 0 fully saturated rings. The number of hydrogen-bond acceptors (Lipinski definition) is 2. The van der Waals surface area contributed by atoms with Gasteiger partial charge in [-0.15, -0.1) is 0 Å². The zero-order valence-corrected chi connectivity index (χ0v) is 11.6. The van der Waals surface area contributed by atoms with Gasteiger partial charge in [0.25, 0.3) is 0 Å². The third kappa shape index (κ3) is 3.30. The highest BCUT2D eigenvalue weighted by atomic mass is 16.3. The van der Waals surface area contributed by atoms with E-state index in [0.717, 1.165) is 0 Å². The second kappa shape index (κ2) is 6.18. The van der Waals surface area contributed by atoms with Gasteiger partial charge in [-0.05, 0) is 37.9 Å². The van der Waals surface area contributed by atoms with Crippen LogP contribution in [0.5, 0.6) is 0 Å². The summed E-state index contributed by atoms with van der Waals surface area (Å²) in [6.07, 6.45) is 0. The predicted molar refractivity (Wildman–Crippen MR) is 73.1 cm³/mol. The van der Waals surface area contributed by atoms with Gasteiger partial charge in [0, 0.05) is 18.6 Å². The molecule has 0 saturated heterocycles. The minimum Gasteiger partial charge on any atom is -0.396 e. The highest BCUT2D eigenvalue weighted by molar-refractivity contribution is 5.33. The molecule has 0 heterocycles. The number of nitrogens with one attached hydrogen (secondary N) is 1. The minimum absolute atomic E-state index is 0.219. The highest BCUT2D eigenvalue weighted by Crippen LogP contribution is 2.30. The average Bonchev–Trinajstić information content (AvgIpc) is 2.28. The fraction of sp³-hybridized carbons (Fsp3) is 0.600. The highest BCUT2D eigenvalue weighted by Gasteiger charge is 2.25. The van der Waals surface area contributed by atoms with E-state index in [1.54, 1.807) is 0 Å². The van der Waals surface area contributed by atoms with Crippen LogP contribution in [-0.4, -0.2) is 18.8 Å². The fourth-order valence-electron chi connectivity index (χ4n) is 2.40. The van der Waals surface area contributed by atoms with Crippen molar-refractivity contribution in [2.45, 2.75) is 33.7 Å². The summed E-state index contributed by atoms with van der Waals surface area (Å²) in [6, 6.07) is 6.74. The molecule has 0 amide bonds. The Balaban J connectivity index is 3.11. The molecule has 0 radical (unpaired) electrons. The molecule has 1 rings (SSSR count). The van der Waals surface area contributed by atoms with Crippen molar-refractivity contribution < 1.29 is 5.11 Å². The first-order valence-corrected chi connectivity index (χ1v) is 6.36. The Morgan fingerprint density at radius 1 is 1.24 bits per heavy atom. The van der Waals surface area contributed by atoms with Crippen molar-refractivity contribution in [1.29, 1.82) is 0 Å². The number of aliphatic hydroxyl groups is 1. The Hall–Kier alpha value is -0.860. The maximum absolute atomic E-state index is 9.58. The van der Waals surface area contributed by atoms with Crippen LogP contribution in [0, 0.1) is 25.7 Å². The molecular weight excluding hydrogens is 210 g/mol. The van der Waals surface area contributed by atoms with Crippen molar-refractivity contribution in [2.24, 2.45) is 11.8 Å². The predicted octanol–water partition coefficient (Wildman–Crippen LogP) is 2.83. The van der Waals surface area contributed by atoms with Crippen molar-refractivity contribution in [2.75, 3.05) is 13.7 Å². The quantitative estimate of drug-likeness (QED) is 0.822. The molecule has 0 bridgehead atoms. The van der Waals surface area contributed by atoms with Gasteiger partial charge in [0.05, 0.1) is 0 Å². The van der Waals surface area contributed by atoms with E-state index in [4.69, 9.17) is 0 Å². The number of aliphatic hydroxyl groups excluding tert-OH is 1. The van der Waals surface area contributed by atoms with Gasteiger partial charge in [-0.2, -0.15) is 0 Å². The molecule has 1 aromatic carbocycles. The molecule has 2 N–H and O–H groups in total. The van der Waals surface area contributed by atoms with Crippen LogP contribution in [0.3, 0.4) is 0 Å². The van der Waals surface area contributed by atoms with Crippen molar-refractivity contribution in [3.63, 3.8) is 0 Å². The topological polar surface area (TPSA) is 32.3 Å². The first-order valence-electron chi connectivity index (χ1n) is 6.36.